The highest BCUT2D eigenvalue weighted by atomic mass is 16.5. The smallest absolute Gasteiger partial charge is 0.119 e. The second kappa shape index (κ2) is 9.02. The lowest BCUT2D eigenvalue weighted by Gasteiger charge is -2.07. The fraction of sp³-hybridized carbons (Fsp3) is 0.571. The van der Waals surface area contributed by atoms with E-state index in [2.05, 4.69) is 31.3 Å². The second-order valence-corrected chi connectivity index (χ2v) is 3.89. The molecule has 0 amide bonds. The van der Waals surface area contributed by atoms with E-state index in [1.165, 1.54) is 5.56 Å². The molecule has 1 rings (SSSR count). The average Bonchev–Trinajstić information content (AvgIpc) is 2.37. The summed E-state index contributed by atoms with van der Waals surface area (Å²) in [6.45, 7) is 8.20. The molecule has 0 fully saturated rings. The predicted octanol–water partition coefficient (Wildman–Crippen LogP) is 2.60. The molecule has 0 radical (unpaired) electrons. The van der Waals surface area contributed by atoms with Gasteiger partial charge in [-0.1, -0.05) is 26.0 Å². The largest absolute Gasteiger partial charge is 0.491 e. The first kappa shape index (κ1) is 14.0. The van der Waals surface area contributed by atoms with Crippen LogP contribution in [0.1, 0.15) is 25.8 Å². The highest BCUT2D eigenvalue weighted by Crippen LogP contribution is 2.11. The average molecular weight is 237 g/mol. The van der Waals surface area contributed by atoms with Crippen molar-refractivity contribution in [3.8, 4) is 5.75 Å². The highest BCUT2D eigenvalue weighted by Gasteiger charge is 1.95. The predicted molar refractivity (Wildman–Crippen MR) is 70.4 cm³/mol. The quantitative estimate of drug-likeness (QED) is 0.670. The first-order valence-electron chi connectivity index (χ1n) is 6.37. The van der Waals surface area contributed by atoms with E-state index in [4.69, 9.17) is 9.47 Å². The summed E-state index contributed by atoms with van der Waals surface area (Å²) in [6, 6.07) is 8.19. The standard InChI is InChI=1S/C14H23NO2/c1-3-9-16-10-11-17-14-7-5-13(6-8-14)12-15-4-2/h5-8,15H,3-4,9-12H2,1-2H3. The van der Waals surface area contributed by atoms with Gasteiger partial charge in [-0.25, -0.2) is 0 Å². The SMILES string of the molecule is CCCOCCOc1ccc(CNCC)cc1. The molecule has 0 saturated carbocycles. The van der Waals surface area contributed by atoms with Crippen LogP contribution in [0.25, 0.3) is 0 Å². The summed E-state index contributed by atoms with van der Waals surface area (Å²) in [5.74, 6) is 0.908. The first-order valence-corrected chi connectivity index (χ1v) is 6.37. The summed E-state index contributed by atoms with van der Waals surface area (Å²) in [5.41, 5.74) is 1.28. The molecular formula is C14H23NO2. The lowest BCUT2D eigenvalue weighted by Crippen LogP contribution is -2.11. The van der Waals surface area contributed by atoms with Crippen molar-refractivity contribution in [1.82, 2.24) is 5.32 Å². The van der Waals surface area contributed by atoms with Crippen LogP contribution in [0.3, 0.4) is 0 Å². The molecule has 0 atom stereocenters. The van der Waals surface area contributed by atoms with Gasteiger partial charge in [-0.2, -0.15) is 0 Å². The molecule has 0 aliphatic rings. The molecule has 1 aromatic rings. The Morgan fingerprint density at radius 1 is 1.00 bits per heavy atom. The molecule has 0 saturated heterocycles. The molecule has 96 valence electrons. The van der Waals surface area contributed by atoms with Gasteiger partial charge in [0.05, 0.1) is 6.61 Å². The van der Waals surface area contributed by atoms with Crippen LogP contribution in [0.15, 0.2) is 24.3 Å². The van der Waals surface area contributed by atoms with Gasteiger partial charge in [-0.3, -0.25) is 0 Å². The third-order valence-electron chi connectivity index (χ3n) is 2.35. The van der Waals surface area contributed by atoms with Crippen molar-refractivity contribution < 1.29 is 9.47 Å². The Morgan fingerprint density at radius 3 is 2.41 bits per heavy atom. The molecule has 0 aromatic heterocycles. The van der Waals surface area contributed by atoms with Gasteiger partial charge >= 0.3 is 0 Å². The molecule has 1 N–H and O–H groups in total. The van der Waals surface area contributed by atoms with Crippen molar-refractivity contribution in [2.75, 3.05) is 26.4 Å². The van der Waals surface area contributed by atoms with Crippen LogP contribution in [0.5, 0.6) is 5.75 Å². The number of benzene rings is 1. The Hall–Kier alpha value is -1.06. The number of rotatable bonds is 9. The molecule has 0 aliphatic heterocycles. The molecule has 0 heterocycles. The second-order valence-electron chi connectivity index (χ2n) is 3.89. The van der Waals surface area contributed by atoms with E-state index in [0.29, 0.717) is 13.2 Å². The van der Waals surface area contributed by atoms with E-state index >= 15 is 0 Å². The number of hydrogen-bond acceptors (Lipinski definition) is 3. The van der Waals surface area contributed by atoms with Crippen molar-refractivity contribution in [2.24, 2.45) is 0 Å². The number of ether oxygens (including phenoxy) is 2. The highest BCUT2D eigenvalue weighted by molar-refractivity contribution is 5.27. The summed E-state index contributed by atoms with van der Waals surface area (Å²) in [4.78, 5) is 0. The van der Waals surface area contributed by atoms with Crippen molar-refractivity contribution in [2.45, 2.75) is 26.8 Å². The Labute approximate surface area is 104 Å². The third kappa shape index (κ3) is 6.29. The fourth-order valence-corrected chi connectivity index (χ4v) is 1.44. The lowest BCUT2D eigenvalue weighted by atomic mass is 10.2. The first-order chi connectivity index (χ1) is 8.36. The van der Waals surface area contributed by atoms with Gasteiger partial charge in [0.25, 0.3) is 0 Å². The zero-order chi connectivity index (χ0) is 12.3. The van der Waals surface area contributed by atoms with Gasteiger partial charge in [-0.05, 0) is 30.7 Å². The molecule has 0 spiro atoms. The zero-order valence-corrected chi connectivity index (χ0v) is 10.9. The fourth-order valence-electron chi connectivity index (χ4n) is 1.44. The van der Waals surface area contributed by atoms with Crippen LogP contribution in [-0.4, -0.2) is 26.4 Å². The summed E-state index contributed by atoms with van der Waals surface area (Å²) in [6.07, 6.45) is 1.05. The normalized spacial score (nSPS) is 10.5. The molecular weight excluding hydrogens is 214 g/mol. The van der Waals surface area contributed by atoms with Crippen LogP contribution >= 0.6 is 0 Å². The summed E-state index contributed by atoms with van der Waals surface area (Å²) in [5, 5.41) is 3.29. The summed E-state index contributed by atoms with van der Waals surface area (Å²) < 4.78 is 10.9. The van der Waals surface area contributed by atoms with E-state index in [0.717, 1.165) is 31.9 Å². The molecule has 17 heavy (non-hydrogen) atoms. The minimum Gasteiger partial charge on any atom is -0.491 e. The van der Waals surface area contributed by atoms with Crippen LogP contribution in [0.4, 0.5) is 0 Å². The van der Waals surface area contributed by atoms with Gasteiger partial charge in [-0.15, -0.1) is 0 Å². The van der Waals surface area contributed by atoms with Gasteiger partial charge in [0.15, 0.2) is 0 Å². The van der Waals surface area contributed by atoms with E-state index in [1.807, 2.05) is 12.1 Å². The molecule has 0 aliphatic carbocycles. The van der Waals surface area contributed by atoms with Crippen molar-refractivity contribution in [3.05, 3.63) is 29.8 Å². The third-order valence-corrected chi connectivity index (χ3v) is 2.35. The Balaban J connectivity index is 2.20. The van der Waals surface area contributed by atoms with E-state index in [9.17, 15) is 0 Å². The molecule has 0 unspecified atom stereocenters. The van der Waals surface area contributed by atoms with Gasteiger partial charge in [0.1, 0.15) is 12.4 Å². The maximum Gasteiger partial charge on any atom is 0.119 e. The molecule has 3 heteroatoms. The van der Waals surface area contributed by atoms with Crippen molar-refractivity contribution in [3.63, 3.8) is 0 Å². The summed E-state index contributed by atoms with van der Waals surface area (Å²) >= 11 is 0. The van der Waals surface area contributed by atoms with Gasteiger partial charge in [0.2, 0.25) is 0 Å². The van der Waals surface area contributed by atoms with E-state index in [1.54, 1.807) is 0 Å². The van der Waals surface area contributed by atoms with Crippen LogP contribution < -0.4 is 10.1 Å². The van der Waals surface area contributed by atoms with Crippen molar-refractivity contribution >= 4 is 0 Å². The molecule has 1 aromatic carbocycles. The minimum atomic E-state index is 0.618. The number of hydrogen-bond donors (Lipinski definition) is 1. The topological polar surface area (TPSA) is 30.5 Å². The Kier molecular flexibility index (Phi) is 7.43. The van der Waals surface area contributed by atoms with Crippen LogP contribution in [0.2, 0.25) is 0 Å². The zero-order valence-electron chi connectivity index (χ0n) is 10.9. The molecule has 3 nitrogen and oxygen atoms in total. The van der Waals surface area contributed by atoms with Crippen LogP contribution in [0, 0.1) is 0 Å². The van der Waals surface area contributed by atoms with Crippen molar-refractivity contribution in [1.29, 1.82) is 0 Å². The monoisotopic (exact) mass is 237 g/mol. The maximum absolute atomic E-state index is 5.57. The van der Waals surface area contributed by atoms with Gasteiger partial charge < -0.3 is 14.8 Å². The van der Waals surface area contributed by atoms with Gasteiger partial charge in [0, 0.05) is 13.2 Å². The Bertz CT molecular complexity index is 285. The van der Waals surface area contributed by atoms with E-state index in [-0.39, 0.29) is 0 Å². The number of nitrogens with one attached hydrogen (secondary N) is 1. The summed E-state index contributed by atoms with van der Waals surface area (Å²) in [7, 11) is 0. The minimum absolute atomic E-state index is 0.618. The Morgan fingerprint density at radius 2 is 1.76 bits per heavy atom. The maximum atomic E-state index is 5.57. The lowest BCUT2D eigenvalue weighted by molar-refractivity contribution is 0.101. The van der Waals surface area contributed by atoms with Crippen LogP contribution in [-0.2, 0) is 11.3 Å². The van der Waals surface area contributed by atoms with E-state index < -0.39 is 0 Å². The molecule has 0 bridgehead atoms.